The van der Waals surface area contributed by atoms with Crippen molar-refractivity contribution >= 4 is 11.8 Å². The number of carbonyl (C=O) groups is 2. The van der Waals surface area contributed by atoms with Crippen molar-refractivity contribution in [2.24, 2.45) is 5.41 Å². The Kier molecular flexibility index (Phi) is 4.68. The molecule has 1 aliphatic rings. The number of rotatable bonds is 5. The minimum absolute atomic E-state index is 0.0360. The largest absolute Gasteiger partial charge is 0.355 e. The maximum Gasteiger partial charge on any atom is 0.263 e. The molecule has 3 rings (SSSR count). The predicted molar refractivity (Wildman–Crippen MR) is 99.3 cm³/mol. The van der Waals surface area contributed by atoms with Crippen LogP contribution < -0.4 is 16.2 Å². The van der Waals surface area contributed by atoms with Crippen molar-refractivity contribution in [3.63, 3.8) is 0 Å². The number of aromatic nitrogens is 1. The van der Waals surface area contributed by atoms with Gasteiger partial charge in [-0.1, -0.05) is 44.2 Å². The molecule has 0 unspecified atom stereocenters. The van der Waals surface area contributed by atoms with Crippen LogP contribution in [0.3, 0.4) is 0 Å². The highest BCUT2D eigenvalue weighted by Gasteiger charge is 2.46. The molecule has 1 fully saturated rings. The third kappa shape index (κ3) is 3.69. The van der Waals surface area contributed by atoms with Crippen LogP contribution in [0.25, 0.3) is 0 Å². The SMILES string of the molecule is CNC(=O)c1cc(C(=O)N[C@H]2CC2(C)C)cn(Cc2ccccc2)c1=O. The molecule has 26 heavy (non-hydrogen) atoms. The van der Waals surface area contributed by atoms with Crippen molar-refractivity contribution < 1.29 is 9.59 Å². The van der Waals surface area contributed by atoms with Crippen molar-refractivity contribution in [2.45, 2.75) is 32.9 Å². The highest BCUT2D eigenvalue weighted by atomic mass is 16.2. The van der Waals surface area contributed by atoms with E-state index in [1.807, 2.05) is 30.3 Å². The fraction of sp³-hybridized carbons (Fsp3) is 0.350. The summed E-state index contributed by atoms with van der Waals surface area (Å²) in [5.41, 5.74) is 0.862. The lowest BCUT2D eigenvalue weighted by Gasteiger charge is -2.12. The van der Waals surface area contributed by atoms with Crippen LogP contribution in [0.4, 0.5) is 0 Å². The minimum Gasteiger partial charge on any atom is -0.355 e. The molecule has 0 saturated heterocycles. The van der Waals surface area contributed by atoms with Gasteiger partial charge in [0.1, 0.15) is 5.56 Å². The third-order valence-electron chi connectivity index (χ3n) is 4.83. The Bertz CT molecular complexity index is 900. The highest BCUT2D eigenvalue weighted by molar-refractivity contribution is 5.99. The van der Waals surface area contributed by atoms with Gasteiger partial charge in [0.05, 0.1) is 12.1 Å². The lowest BCUT2D eigenvalue weighted by molar-refractivity contribution is 0.0945. The van der Waals surface area contributed by atoms with Crippen molar-refractivity contribution in [1.82, 2.24) is 15.2 Å². The minimum atomic E-state index is -0.502. The van der Waals surface area contributed by atoms with E-state index in [0.29, 0.717) is 12.1 Å². The average molecular weight is 353 g/mol. The summed E-state index contributed by atoms with van der Waals surface area (Å²) in [6, 6.07) is 10.9. The average Bonchev–Trinajstić information content (AvgIpc) is 3.22. The molecular weight excluding hydrogens is 330 g/mol. The molecule has 0 spiro atoms. The zero-order chi connectivity index (χ0) is 18.9. The first-order chi connectivity index (χ1) is 12.3. The molecule has 2 aromatic rings. The fourth-order valence-electron chi connectivity index (χ4n) is 2.91. The second-order valence-corrected chi connectivity index (χ2v) is 7.36. The number of hydrogen-bond donors (Lipinski definition) is 2. The Morgan fingerprint density at radius 2 is 1.85 bits per heavy atom. The van der Waals surface area contributed by atoms with E-state index in [0.717, 1.165) is 12.0 Å². The van der Waals surface area contributed by atoms with Gasteiger partial charge in [-0.2, -0.15) is 0 Å². The van der Waals surface area contributed by atoms with E-state index in [-0.39, 0.29) is 22.9 Å². The van der Waals surface area contributed by atoms with Crippen LogP contribution in [0, 0.1) is 5.41 Å². The van der Waals surface area contributed by atoms with Crippen LogP contribution in [0.5, 0.6) is 0 Å². The molecule has 6 heteroatoms. The number of amides is 2. The molecule has 1 heterocycles. The summed E-state index contributed by atoms with van der Waals surface area (Å²) in [6.07, 6.45) is 2.44. The maximum atomic E-state index is 12.7. The number of carbonyl (C=O) groups excluding carboxylic acids is 2. The number of benzene rings is 1. The van der Waals surface area contributed by atoms with Gasteiger partial charge >= 0.3 is 0 Å². The number of nitrogens with zero attached hydrogens (tertiary/aromatic N) is 1. The van der Waals surface area contributed by atoms with E-state index in [9.17, 15) is 14.4 Å². The monoisotopic (exact) mass is 353 g/mol. The molecule has 1 aromatic carbocycles. The van der Waals surface area contributed by atoms with Gasteiger partial charge in [-0.15, -0.1) is 0 Å². The van der Waals surface area contributed by atoms with Crippen molar-refractivity contribution in [3.05, 3.63) is 69.6 Å². The predicted octanol–water partition coefficient (Wildman–Crippen LogP) is 1.78. The molecule has 0 radical (unpaired) electrons. The Morgan fingerprint density at radius 3 is 2.42 bits per heavy atom. The smallest absolute Gasteiger partial charge is 0.263 e. The first-order valence-corrected chi connectivity index (χ1v) is 8.63. The van der Waals surface area contributed by atoms with E-state index in [4.69, 9.17) is 0 Å². The van der Waals surface area contributed by atoms with Crippen LogP contribution in [-0.2, 0) is 6.54 Å². The van der Waals surface area contributed by atoms with Crippen LogP contribution in [0.15, 0.2) is 47.4 Å². The quantitative estimate of drug-likeness (QED) is 0.860. The molecule has 1 aliphatic carbocycles. The molecule has 2 amide bonds. The summed E-state index contributed by atoms with van der Waals surface area (Å²) >= 11 is 0. The Balaban J connectivity index is 1.96. The summed E-state index contributed by atoms with van der Waals surface area (Å²) in [5, 5.41) is 5.43. The van der Waals surface area contributed by atoms with Gasteiger partial charge in [0, 0.05) is 19.3 Å². The summed E-state index contributed by atoms with van der Waals surface area (Å²) < 4.78 is 1.41. The van der Waals surface area contributed by atoms with Crippen molar-refractivity contribution in [1.29, 1.82) is 0 Å². The third-order valence-corrected chi connectivity index (χ3v) is 4.83. The summed E-state index contributed by atoms with van der Waals surface area (Å²) in [4.78, 5) is 37.4. The summed E-state index contributed by atoms with van der Waals surface area (Å²) in [6.45, 7) is 4.47. The first-order valence-electron chi connectivity index (χ1n) is 8.63. The van der Waals surface area contributed by atoms with E-state index in [2.05, 4.69) is 24.5 Å². The molecule has 136 valence electrons. The molecular formula is C20H23N3O3. The van der Waals surface area contributed by atoms with Gasteiger partial charge < -0.3 is 15.2 Å². The Morgan fingerprint density at radius 1 is 1.19 bits per heavy atom. The maximum absolute atomic E-state index is 12.7. The van der Waals surface area contributed by atoms with Crippen LogP contribution in [0.1, 0.15) is 46.5 Å². The topological polar surface area (TPSA) is 80.2 Å². The van der Waals surface area contributed by atoms with E-state index in [1.165, 1.54) is 23.9 Å². The molecule has 2 N–H and O–H groups in total. The number of nitrogens with one attached hydrogen (secondary N) is 2. The standard InChI is InChI=1S/C20H23N3O3/c1-20(2)10-16(20)22-17(24)14-9-15(18(25)21-3)19(26)23(12-14)11-13-7-5-4-6-8-13/h4-9,12,16H,10-11H2,1-3H3,(H,21,25)(H,22,24)/t16-/m0/s1. The van der Waals surface area contributed by atoms with Crippen LogP contribution in [-0.4, -0.2) is 29.5 Å². The second kappa shape index (κ2) is 6.78. The zero-order valence-electron chi connectivity index (χ0n) is 15.2. The fourth-order valence-corrected chi connectivity index (χ4v) is 2.91. The van der Waals surface area contributed by atoms with Gasteiger partial charge in [0.2, 0.25) is 0 Å². The Labute approximate surface area is 152 Å². The molecule has 0 aliphatic heterocycles. The normalized spacial score (nSPS) is 17.4. The van der Waals surface area contributed by atoms with Gasteiger partial charge in [-0.05, 0) is 23.5 Å². The second-order valence-electron chi connectivity index (χ2n) is 7.36. The Hall–Kier alpha value is -2.89. The number of hydrogen-bond acceptors (Lipinski definition) is 3. The van der Waals surface area contributed by atoms with Gasteiger partial charge in [0.25, 0.3) is 17.4 Å². The van der Waals surface area contributed by atoms with Crippen molar-refractivity contribution in [2.75, 3.05) is 7.05 Å². The first kappa shape index (κ1) is 17.9. The van der Waals surface area contributed by atoms with Crippen LogP contribution >= 0.6 is 0 Å². The summed E-state index contributed by atoms with van der Waals surface area (Å²) in [5.74, 6) is -0.772. The number of pyridine rings is 1. The molecule has 1 atom stereocenters. The van der Waals surface area contributed by atoms with Gasteiger partial charge in [0.15, 0.2) is 0 Å². The van der Waals surface area contributed by atoms with Gasteiger partial charge in [-0.3, -0.25) is 14.4 Å². The molecule has 1 aromatic heterocycles. The van der Waals surface area contributed by atoms with E-state index in [1.54, 1.807) is 0 Å². The highest BCUT2D eigenvalue weighted by Crippen LogP contribution is 2.44. The lowest BCUT2D eigenvalue weighted by atomic mass is 10.1. The lowest BCUT2D eigenvalue weighted by Crippen LogP contribution is -2.35. The molecule has 6 nitrogen and oxygen atoms in total. The summed E-state index contributed by atoms with van der Waals surface area (Å²) in [7, 11) is 1.46. The van der Waals surface area contributed by atoms with Crippen LogP contribution in [0.2, 0.25) is 0 Å². The van der Waals surface area contributed by atoms with Crippen molar-refractivity contribution in [3.8, 4) is 0 Å². The molecule has 0 bridgehead atoms. The molecule has 1 saturated carbocycles. The zero-order valence-corrected chi connectivity index (χ0v) is 15.2. The van der Waals surface area contributed by atoms with Gasteiger partial charge in [-0.25, -0.2) is 0 Å². The van der Waals surface area contributed by atoms with E-state index >= 15 is 0 Å². The van der Waals surface area contributed by atoms with E-state index < -0.39 is 11.5 Å².